The molecule has 4 aromatic rings. The Morgan fingerprint density at radius 1 is 1.03 bits per heavy atom. The van der Waals surface area contributed by atoms with Crippen molar-refractivity contribution in [2.75, 3.05) is 31.4 Å². The highest BCUT2D eigenvalue weighted by molar-refractivity contribution is 7.21. The SMILES string of the molecule is COc1ccc2nc(-c3ccc(NC(=O)c4cccc(N(C)C)c4)cc3)sc2c1. The zero-order valence-electron chi connectivity index (χ0n) is 16.5. The Bertz CT molecular complexity index is 1170. The van der Waals surface area contributed by atoms with E-state index in [1.807, 2.05) is 85.7 Å². The Morgan fingerprint density at radius 3 is 2.55 bits per heavy atom. The summed E-state index contributed by atoms with van der Waals surface area (Å²) in [6, 6.07) is 21.2. The molecule has 3 aromatic carbocycles. The molecule has 1 heterocycles. The quantitative estimate of drug-likeness (QED) is 0.492. The van der Waals surface area contributed by atoms with Crippen molar-refractivity contribution in [3.63, 3.8) is 0 Å². The molecule has 1 amide bonds. The number of carbonyl (C=O) groups excluding carboxylic acids is 1. The highest BCUT2D eigenvalue weighted by Crippen LogP contribution is 2.32. The molecular formula is C23H21N3O2S. The van der Waals surface area contributed by atoms with Crippen LogP contribution in [0, 0.1) is 0 Å². The number of carbonyl (C=O) groups is 1. The van der Waals surface area contributed by atoms with Gasteiger partial charge in [0.2, 0.25) is 0 Å². The number of hydrogen-bond acceptors (Lipinski definition) is 5. The van der Waals surface area contributed by atoms with E-state index in [2.05, 4.69) is 5.32 Å². The molecule has 0 aliphatic carbocycles. The summed E-state index contributed by atoms with van der Waals surface area (Å²) in [5.41, 5.74) is 4.32. The van der Waals surface area contributed by atoms with E-state index in [9.17, 15) is 4.79 Å². The molecule has 0 saturated heterocycles. The Balaban J connectivity index is 1.52. The largest absolute Gasteiger partial charge is 0.497 e. The lowest BCUT2D eigenvalue weighted by atomic mass is 10.1. The van der Waals surface area contributed by atoms with Crippen LogP contribution in [0.15, 0.2) is 66.7 Å². The number of ether oxygens (including phenoxy) is 1. The summed E-state index contributed by atoms with van der Waals surface area (Å²) < 4.78 is 6.36. The third-order valence-corrected chi connectivity index (χ3v) is 5.68. The number of methoxy groups -OCH3 is 1. The van der Waals surface area contributed by atoms with Crippen molar-refractivity contribution in [1.29, 1.82) is 0 Å². The normalized spacial score (nSPS) is 10.7. The highest BCUT2D eigenvalue weighted by Gasteiger charge is 2.10. The van der Waals surface area contributed by atoms with Crippen molar-refractivity contribution in [1.82, 2.24) is 4.98 Å². The number of benzene rings is 3. The Labute approximate surface area is 173 Å². The van der Waals surface area contributed by atoms with E-state index in [1.165, 1.54) is 0 Å². The summed E-state index contributed by atoms with van der Waals surface area (Å²) in [5.74, 6) is 0.692. The van der Waals surface area contributed by atoms with E-state index in [4.69, 9.17) is 9.72 Å². The minimum Gasteiger partial charge on any atom is -0.497 e. The minimum atomic E-state index is -0.131. The number of rotatable bonds is 5. The van der Waals surface area contributed by atoms with Crippen molar-refractivity contribution in [2.45, 2.75) is 0 Å². The van der Waals surface area contributed by atoms with E-state index in [0.717, 1.165) is 37.9 Å². The van der Waals surface area contributed by atoms with Crippen LogP contribution in [0.1, 0.15) is 10.4 Å². The van der Waals surface area contributed by atoms with E-state index >= 15 is 0 Å². The molecule has 0 atom stereocenters. The number of fused-ring (bicyclic) bond motifs is 1. The number of hydrogen-bond donors (Lipinski definition) is 1. The van der Waals surface area contributed by atoms with Gasteiger partial charge in [-0.3, -0.25) is 4.79 Å². The first-order valence-electron chi connectivity index (χ1n) is 9.17. The van der Waals surface area contributed by atoms with E-state index in [0.29, 0.717) is 5.56 Å². The molecule has 0 aliphatic rings. The molecule has 0 aliphatic heterocycles. The topological polar surface area (TPSA) is 54.5 Å². The minimum absolute atomic E-state index is 0.131. The fourth-order valence-electron chi connectivity index (χ4n) is 2.98. The fraction of sp³-hybridized carbons (Fsp3) is 0.130. The van der Waals surface area contributed by atoms with Gasteiger partial charge in [0.1, 0.15) is 10.8 Å². The van der Waals surface area contributed by atoms with Gasteiger partial charge in [0.15, 0.2) is 0 Å². The molecule has 1 N–H and O–H groups in total. The zero-order valence-corrected chi connectivity index (χ0v) is 17.3. The van der Waals surface area contributed by atoms with Crippen molar-refractivity contribution >= 4 is 38.8 Å². The molecule has 0 spiro atoms. The fourth-order valence-corrected chi connectivity index (χ4v) is 3.98. The third-order valence-electron chi connectivity index (χ3n) is 4.61. The second-order valence-corrected chi connectivity index (χ2v) is 7.86. The second kappa shape index (κ2) is 7.93. The monoisotopic (exact) mass is 403 g/mol. The average molecular weight is 404 g/mol. The van der Waals surface area contributed by atoms with Crippen LogP contribution in [0.3, 0.4) is 0 Å². The van der Waals surface area contributed by atoms with Gasteiger partial charge in [-0.1, -0.05) is 6.07 Å². The molecule has 4 rings (SSSR count). The van der Waals surface area contributed by atoms with Gasteiger partial charge in [-0.25, -0.2) is 4.98 Å². The van der Waals surface area contributed by atoms with Gasteiger partial charge in [-0.05, 0) is 60.7 Å². The number of nitrogens with one attached hydrogen (secondary N) is 1. The number of amides is 1. The number of aromatic nitrogens is 1. The summed E-state index contributed by atoms with van der Waals surface area (Å²) >= 11 is 1.62. The number of nitrogens with zero attached hydrogens (tertiary/aromatic N) is 2. The Hall–Kier alpha value is -3.38. The van der Waals surface area contributed by atoms with Gasteiger partial charge in [0.25, 0.3) is 5.91 Å². The first kappa shape index (κ1) is 19.0. The van der Waals surface area contributed by atoms with Crippen LogP contribution in [-0.2, 0) is 0 Å². The first-order valence-corrected chi connectivity index (χ1v) is 9.99. The van der Waals surface area contributed by atoms with Crippen LogP contribution in [0.5, 0.6) is 5.75 Å². The summed E-state index contributed by atoms with van der Waals surface area (Å²) in [7, 11) is 5.56. The maximum atomic E-state index is 12.6. The Kier molecular flexibility index (Phi) is 5.18. The smallest absolute Gasteiger partial charge is 0.255 e. The summed E-state index contributed by atoms with van der Waals surface area (Å²) in [5, 5.41) is 3.89. The predicted octanol–water partition coefficient (Wildman–Crippen LogP) is 5.29. The molecule has 0 radical (unpaired) electrons. The second-order valence-electron chi connectivity index (χ2n) is 6.83. The third kappa shape index (κ3) is 4.07. The maximum Gasteiger partial charge on any atom is 0.255 e. The first-order chi connectivity index (χ1) is 14.0. The van der Waals surface area contributed by atoms with Crippen LogP contribution >= 0.6 is 11.3 Å². The predicted molar refractivity (Wildman–Crippen MR) is 120 cm³/mol. The zero-order chi connectivity index (χ0) is 20.4. The van der Waals surface area contributed by atoms with Crippen LogP contribution in [-0.4, -0.2) is 32.1 Å². The van der Waals surface area contributed by atoms with Gasteiger partial charge in [-0.15, -0.1) is 11.3 Å². The molecule has 5 nitrogen and oxygen atoms in total. The van der Waals surface area contributed by atoms with E-state index < -0.39 is 0 Å². The summed E-state index contributed by atoms with van der Waals surface area (Å²) in [4.78, 5) is 19.2. The summed E-state index contributed by atoms with van der Waals surface area (Å²) in [6.45, 7) is 0. The van der Waals surface area contributed by atoms with Crippen LogP contribution < -0.4 is 15.0 Å². The van der Waals surface area contributed by atoms with Gasteiger partial charge in [-0.2, -0.15) is 0 Å². The lowest BCUT2D eigenvalue weighted by Gasteiger charge is -2.13. The van der Waals surface area contributed by atoms with Crippen molar-refractivity contribution in [2.24, 2.45) is 0 Å². The lowest BCUT2D eigenvalue weighted by molar-refractivity contribution is 0.102. The summed E-state index contributed by atoms with van der Waals surface area (Å²) in [6.07, 6.45) is 0. The van der Waals surface area contributed by atoms with Crippen molar-refractivity contribution in [3.05, 3.63) is 72.3 Å². The van der Waals surface area contributed by atoms with Crippen LogP contribution in [0.4, 0.5) is 11.4 Å². The molecule has 0 saturated carbocycles. The van der Waals surface area contributed by atoms with Crippen LogP contribution in [0.25, 0.3) is 20.8 Å². The molecule has 1 aromatic heterocycles. The molecule has 0 bridgehead atoms. The molecule has 29 heavy (non-hydrogen) atoms. The molecule has 146 valence electrons. The highest BCUT2D eigenvalue weighted by atomic mass is 32.1. The van der Waals surface area contributed by atoms with Crippen LogP contribution in [0.2, 0.25) is 0 Å². The number of anilines is 2. The van der Waals surface area contributed by atoms with Gasteiger partial charge >= 0.3 is 0 Å². The van der Waals surface area contributed by atoms with Gasteiger partial charge < -0.3 is 15.0 Å². The average Bonchev–Trinajstić information content (AvgIpc) is 3.17. The van der Waals surface area contributed by atoms with Gasteiger partial charge in [0.05, 0.1) is 17.3 Å². The van der Waals surface area contributed by atoms with E-state index in [1.54, 1.807) is 18.4 Å². The Morgan fingerprint density at radius 2 is 1.83 bits per heavy atom. The lowest BCUT2D eigenvalue weighted by Crippen LogP contribution is -2.14. The standard InChI is InChI=1S/C23H21N3O2S/c1-26(2)18-6-4-5-16(13-18)22(27)24-17-9-7-15(8-10-17)23-25-20-12-11-19(28-3)14-21(20)29-23/h4-14H,1-3H3,(H,24,27). The molecular weight excluding hydrogens is 382 g/mol. The van der Waals surface area contributed by atoms with Crippen molar-refractivity contribution in [3.8, 4) is 16.3 Å². The number of thiazole rings is 1. The van der Waals surface area contributed by atoms with Gasteiger partial charge in [0, 0.05) is 36.6 Å². The maximum absolute atomic E-state index is 12.6. The molecule has 0 unspecified atom stereocenters. The van der Waals surface area contributed by atoms with E-state index in [-0.39, 0.29) is 5.91 Å². The molecule has 0 fully saturated rings. The van der Waals surface area contributed by atoms with Crippen molar-refractivity contribution < 1.29 is 9.53 Å². The molecule has 6 heteroatoms.